The van der Waals surface area contributed by atoms with E-state index in [1.165, 1.54) is 18.4 Å². The fraction of sp³-hybridized carbons (Fsp3) is 0.125. The first kappa shape index (κ1) is 15.9. The fourth-order valence-electron chi connectivity index (χ4n) is 1.62. The van der Waals surface area contributed by atoms with E-state index in [0.717, 1.165) is 4.90 Å². The van der Waals surface area contributed by atoms with Gasteiger partial charge in [-0.3, -0.25) is 4.79 Å². The molecule has 5 nitrogen and oxygen atoms in total. The zero-order valence-electron chi connectivity index (χ0n) is 11.9. The molecule has 0 aliphatic heterocycles. The lowest BCUT2D eigenvalue weighted by Crippen LogP contribution is -2.20. The van der Waals surface area contributed by atoms with Crippen molar-refractivity contribution in [3.8, 4) is 0 Å². The Kier molecular flexibility index (Phi) is 5.85. The summed E-state index contributed by atoms with van der Waals surface area (Å²) in [5.74, 6) is -0.460. The van der Waals surface area contributed by atoms with Gasteiger partial charge in [0.1, 0.15) is 5.76 Å². The lowest BCUT2D eigenvalue weighted by atomic mass is 10.3. The van der Waals surface area contributed by atoms with E-state index in [-0.39, 0.29) is 6.61 Å². The highest BCUT2D eigenvalue weighted by Gasteiger charge is 2.06. The van der Waals surface area contributed by atoms with Crippen LogP contribution < -0.4 is 5.32 Å². The summed E-state index contributed by atoms with van der Waals surface area (Å²) in [6, 6.07) is 10.8. The second-order valence-electron chi connectivity index (χ2n) is 4.24. The van der Waals surface area contributed by atoms with E-state index in [0.29, 0.717) is 11.4 Å². The van der Waals surface area contributed by atoms with Gasteiger partial charge in [0.15, 0.2) is 6.61 Å². The maximum atomic E-state index is 11.7. The molecule has 1 N–H and O–H groups in total. The number of nitrogens with one attached hydrogen (secondary N) is 1. The zero-order chi connectivity index (χ0) is 15.8. The van der Waals surface area contributed by atoms with Gasteiger partial charge < -0.3 is 14.5 Å². The second kappa shape index (κ2) is 8.09. The van der Waals surface area contributed by atoms with Crippen molar-refractivity contribution in [3.63, 3.8) is 0 Å². The van der Waals surface area contributed by atoms with Crippen molar-refractivity contribution in [2.45, 2.75) is 4.90 Å². The van der Waals surface area contributed by atoms with Crippen LogP contribution in [0.4, 0.5) is 5.69 Å². The highest BCUT2D eigenvalue weighted by atomic mass is 32.2. The molecule has 0 aliphatic rings. The van der Waals surface area contributed by atoms with Crippen molar-refractivity contribution in [3.05, 3.63) is 54.5 Å². The number of hydrogen-bond acceptors (Lipinski definition) is 5. The molecule has 1 aromatic carbocycles. The third-order valence-corrected chi connectivity index (χ3v) is 3.35. The van der Waals surface area contributed by atoms with Crippen LogP contribution in [0.1, 0.15) is 5.76 Å². The molecule has 22 heavy (non-hydrogen) atoms. The number of thioether (sulfide) groups is 1. The first-order valence-electron chi connectivity index (χ1n) is 6.49. The summed E-state index contributed by atoms with van der Waals surface area (Å²) in [5.41, 5.74) is 0.666. The van der Waals surface area contributed by atoms with Gasteiger partial charge in [-0.25, -0.2) is 4.79 Å². The summed E-state index contributed by atoms with van der Waals surface area (Å²) in [6.07, 6.45) is 6.14. The molecule has 1 aromatic heterocycles. The lowest BCUT2D eigenvalue weighted by molar-refractivity contribution is -0.142. The third kappa shape index (κ3) is 5.14. The SMILES string of the molecule is CSc1cccc(NC(=O)COC(=O)/C=C/c2ccco2)c1. The maximum absolute atomic E-state index is 11.7. The molecule has 1 amide bonds. The second-order valence-corrected chi connectivity index (χ2v) is 5.12. The van der Waals surface area contributed by atoms with Crippen molar-refractivity contribution < 1.29 is 18.7 Å². The summed E-state index contributed by atoms with van der Waals surface area (Å²) in [7, 11) is 0. The predicted octanol–water partition coefficient (Wildman–Crippen LogP) is 3.20. The standard InChI is InChI=1S/C16H15NO4S/c1-22-14-6-2-4-12(10-14)17-15(18)11-21-16(19)8-7-13-5-3-9-20-13/h2-10H,11H2,1H3,(H,17,18)/b8-7+. The number of furan rings is 1. The van der Waals surface area contributed by atoms with Crippen LogP contribution in [0.15, 0.2) is 58.1 Å². The molecule has 0 saturated heterocycles. The molecule has 1 heterocycles. The first-order chi connectivity index (χ1) is 10.7. The van der Waals surface area contributed by atoms with Gasteiger partial charge in [-0.05, 0) is 42.7 Å². The number of amides is 1. The number of ether oxygens (including phenoxy) is 1. The van der Waals surface area contributed by atoms with Crippen molar-refractivity contribution in [1.29, 1.82) is 0 Å². The van der Waals surface area contributed by atoms with Gasteiger partial charge in [-0.1, -0.05) is 6.07 Å². The van der Waals surface area contributed by atoms with Crippen molar-refractivity contribution >= 4 is 35.4 Å². The quantitative estimate of drug-likeness (QED) is 0.503. The third-order valence-electron chi connectivity index (χ3n) is 2.63. The average molecular weight is 317 g/mol. The molecule has 114 valence electrons. The van der Waals surface area contributed by atoms with E-state index in [4.69, 9.17) is 9.15 Å². The molecule has 2 rings (SSSR count). The molecule has 6 heteroatoms. The molecular formula is C16H15NO4S. The Morgan fingerprint density at radius 2 is 2.18 bits per heavy atom. The number of benzene rings is 1. The zero-order valence-corrected chi connectivity index (χ0v) is 12.8. The minimum atomic E-state index is -0.607. The van der Waals surface area contributed by atoms with Gasteiger partial charge >= 0.3 is 5.97 Å². The lowest BCUT2D eigenvalue weighted by Gasteiger charge is -2.06. The van der Waals surface area contributed by atoms with Crippen LogP contribution in [-0.4, -0.2) is 24.7 Å². The Labute approximate surface area is 132 Å². The predicted molar refractivity (Wildman–Crippen MR) is 85.6 cm³/mol. The summed E-state index contributed by atoms with van der Waals surface area (Å²) >= 11 is 1.58. The summed E-state index contributed by atoms with van der Waals surface area (Å²) in [4.78, 5) is 24.2. The average Bonchev–Trinajstić information content (AvgIpc) is 3.04. The highest BCUT2D eigenvalue weighted by molar-refractivity contribution is 7.98. The van der Waals surface area contributed by atoms with Gasteiger partial charge in [-0.2, -0.15) is 0 Å². The van der Waals surface area contributed by atoms with Crippen LogP contribution in [-0.2, 0) is 14.3 Å². The number of carbonyl (C=O) groups excluding carboxylic acids is 2. The summed E-state index contributed by atoms with van der Waals surface area (Å²) in [5, 5.41) is 2.67. The topological polar surface area (TPSA) is 68.5 Å². The highest BCUT2D eigenvalue weighted by Crippen LogP contribution is 2.18. The summed E-state index contributed by atoms with van der Waals surface area (Å²) in [6.45, 7) is -0.342. The van der Waals surface area contributed by atoms with Gasteiger partial charge in [0, 0.05) is 16.7 Å². The Hall–Kier alpha value is -2.47. The van der Waals surface area contributed by atoms with E-state index in [9.17, 15) is 9.59 Å². The molecule has 0 unspecified atom stereocenters. The molecule has 0 atom stereocenters. The van der Waals surface area contributed by atoms with Crippen molar-refractivity contribution in [2.24, 2.45) is 0 Å². The van der Waals surface area contributed by atoms with Crippen molar-refractivity contribution in [2.75, 3.05) is 18.2 Å². The van der Waals surface area contributed by atoms with E-state index >= 15 is 0 Å². The number of esters is 1. The largest absolute Gasteiger partial charge is 0.465 e. The normalized spacial score (nSPS) is 10.6. The molecule has 0 saturated carbocycles. The Bertz CT molecular complexity index is 665. The minimum Gasteiger partial charge on any atom is -0.465 e. The number of rotatable bonds is 6. The Morgan fingerprint density at radius 3 is 2.91 bits per heavy atom. The Balaban J connectivity index is 1.78. The molecular weight excluding hydrogens is 302 g/mol. The fourth-order valence-corrected chi connectivity index (χ4v) is 2.08. The van der Waals surface area contributed by atoms with Gasteiger partial charge in [0.05, 0.1) is 6.26 Å². The molecule has 0 radical (unpaired) electrons. The molecule has 2 aromatic rings. The smallest absolute Gasteiger partial charge is 0.331 e. The molecule has 0 bridgehead atoms. The van der Waals surface area contributed by atoms with E-state index < -0.39 is 11.9 Å². The van der Waals surface area contributed by atoms with Crippen LogP contribution in [0.3, 0.4) is 0 Å². The molecule has 0 fully saturated rings. The maximum Gasteiger partial charge on any atom is 0.331 e. The van der Waals surface area contributed by atoms with Gasteiger partial charge in [0.2, 0.25) is 0 Å². The Morgan fingerprint density at radius 1 is 1.32 bits per heavy atom. The van der Waals surface area contributed by atoms with E-state index in [1.54, 1.807) is 30.0 Å². The molecule has 0 aliphatic carbocycles. The van der Waals surface area contributed by atoms with Crippen LogP contribution in [0.25, 0.3) is 6.08 Å². The van der Waals surface area contributed by atoms with Gasteiger partial charge in [-0.15, -0.1) is 11.8 Å². The summed E-state index contributed by atoms with van der Waals surface area (Å²) < 4.78 is 9.88. The van der Waals surface area contributed by atoms with Crippen LogP contribution >= 0.6 is 11.8 Å². The van der Waals surface area contributed by atoms with Crippen LogP contribution in [0.5, 0.6) is 0 Å². The number of anilines is 1. The molecule has 0 spiro atoms. The van der Waals surface area contributed by atoms with Crippen LogP contribution in [0.2, 0.25) is 0 Å². The van der Waals surface area contributed by atoms with Crippen molar-refractivity contribution in [1.82, 2.24) is 0 Å². The first-order valence-corrected chi connectivity index (χ1v) is 7.72. The van der Waals surface area contributed by atoms with Gasteiger partial charge in [0.25, 0.3) is 5.91 Å². The monoisotopic (exact) mass is 317 g/mol. The minimum absolute atomic E-state index is 0.342. The van der Waals surface area contributed by atoms with E-state index in [1.807, 2.05) is 24.5 Å². The van der Waals surface area contributed by atoms with E-state index in [2.05, 4.69) is 5.32 Å². The number of carbonyl (C=O) groups is 2. The number of hydrogen-bond donors (Lipinski definition) is 1. The van der Waals surface area contributed by atoms with Crippen LogP contribution in [0, 0.1) is 0 Å².